The number of carboxylic acid groups (broad SMARTS) is 2. The Morgan fingerprint density at radius 3 is 1.32 bits per heavy atom. The van der Waals surface area contributed by atoms with Crippen molar-refractivity contribution in [2.75, 3.05) is 24.6 Å². The maximum absolute atomic E-state index is 10.8. The summed E-state index contributed by atoms with van der Waals surface area (Å²) in [4.78, 5) is 20.4. The van der Waals surface area contributed by atoms with E-state index in [9.17, 15) is 18.0 Å². The van der Waals surface area contributed by atoms with Gasteiger partial charge in [-0.2, -0.15) is 8.42 Å². The Labute approximate surface area is 149 Å². The van der Waals surface area contributed by atoms with Crippen molar-refractivity contribution in [1.29, 1.82) is 0 Å². The molecule has 0 bridgehead atoms. The molecule has 0 aromatic heterocycles. The molecular formula is C16H27O7PS. The second kappa shape index (κ2) is 9.85. The Morgan fingerprint density at radius 2 is 1.16 bits per heavy atom. The molecule has 0 fully saturated rings. The number of hydrogen-bond acceptors (Lipinski definition) is 4. The Hall–Kier alpha value is -1.50. The molecule has 0 aliphatic rings. The van der Waals surface area contributed by atoms with Gasteiger partial charge in [0.15, 0.2) is 0 Å². The van der Waals surface area contributed by atoms with Crippen LogP contribution in [0.25, 0.3) is 0 Å². The third-order valence-corrected chi connectivity index (χ3v) is 11.5. The van der Waals surface area contributed by atoms with E-state index in [1.54, 1.807) is 0 Å². The third-order valence-electron chi connectivity index (χ3n) is 4.70. The number of aromatic carboxylic acids is 2. The van der Waals surface area contributed by atoms with Crippen molar-refractivity contribution in [3.63, 3.8) is 0 Å². The van der Waals surface area contributed by atoms with Crippen molar-refractivity contribution in [2.45, 2.75) is 32.6 Å². The fraction of sp³-hybridized carbons (Fsp3) is 0.500. The van der Waals surface area contributed by atoms with E-state index in [0.29, 0.717) is 12.1 Å². The molecule has 0 aliphatic carbocycles. The van der Waals surface area contributed by atoms with Gasteiger partial charge in [-0.05, 0) is 18.2 Å². The molecule has 1 aromatic carbocycles. The van der Waals surface area contributed by atoms with Gasteiger partial charge in [0.1, 0.15) is 0 Å². The molecule has 0 heterocycles. The van der Waals surface area contributed by atoms with Crippen molar-refractivity contribution in [2.24, 2.45) is 0 Å². The molecule has 25 heavy (non-hydrogen) atoms. The van der Waals surface area contributed by atoms with Crippen LogP contribution in [0.1, 0.15) is 48.4 Å². The van der Waals surface area contributed by atoms with Gasteiger partial charge in [0.25, 0.3) is 10.1 Å². The van der Waals surface area contributed by atoms with Crippen LogP contribution in [0, 0.1) is 0 Å². The normalized spacial score (nSPS) is 12.0. The summed E-state index contributed by atoms with van der Waals surface area (Å²) in [6, 6.07) is 2.13. The number of carboxylic acids is 2. The first kappa shape index (κ1) is 23.5. The van der Waals surface area contributed by atoms with E-state index in [1.807, 2.05) is 0 Å². The van der Waals surface area contributed by atoms with Crippen LogP contribution in [-0.4, -0.2) is 59.8 Å². The van der Waals surface area contributed by atoms with E-state index < -0.39 is 45.3 Å². The molecule has 0 unspecified atom stereocenters. The second-order valence-electron chi connectivity index (χ2n) is 5.75. The summed E-state index contributed by atoms with van der Waals surface area (Å²) in [6.07, 6.45) is 5.93. The standard InChI is InChI=1S/C8H6O7S.C8H21P/c9-7(10)4-1-5(8(11)12)3-6(2-4)16(13,14)15;1-5-9(6-2,7-3)8-4/h1-3H,(H,9,10)(H,11,12)(H,13,14,15);9H,5-8H2,1-4H3. The molecule has 0 atom stereocenters. The maximum atomic E-state index is 10.8. The summed E-state index contributed by atoms with van der Waals surface area (Å²) >= 11 is 0. The van der Waals surface area contributed by atoms with Gasteiger partial charge in [0.05, 0.1) is 16.0 Å². The van der Waals surface area contributed by atoms with Crippen LogP contribution in [0.15, 0.2) is 23.1 Å². The molecule has 1 rings (SSSR count). The molecule has 7 nitrogen and oxygen atoms in total. The molecule has 0 amide bonds. The predicted molar refractivity (Wildman–Crippen MR) is 101 cm³/mol. The van der Waals surface area contributed by atoms with Crippen molar-refractivity contribution >= 4 is 29.3 Å². The molecule has 0 aliphatic heterocycles. The Kier molecular flexibility index (Phi) is 9.26. The third kappa shape index (κ3) is 7.10. The van der Waals surface area contributed by atoms with Crippen molar-refractivity contribution in [3.05, 3.63) is 29.3 Å². The number of benzene rings is 1. The number of carbonyl (C=O) groups is 2. The van der Waals surface area contributed by atoms with Gasteiger partial charge in [0.2, 0.25) is 0 Å². The summed E-state index contributed by atoms with van der Waals surface area (Å²) in [6.45, 7) is 9.46. The van der Waals surface area contributed by atoms with Crippen LogP contribution in [0.5, 0.6) is 0 Å². The van der Waals surface area contributed by atoms with E-state index in [1.165, 1.54) is 24.6 Å². The number of rotatable bonds is 7. The Bertz CT molecular complexity index is 659. The van der Waals surface area contributed by atoms with Gasteiger partial charge in [-0.3, -0.25) is 4.55 Å². The quantitative estimate of drug-likeness (QED) is 0.478. The molecule has 144 valence electrons. The minimum Gasteiger partial charge on any atom is -0.478 e. The Morgan fingerprint density at radius 1 is 0.840 bits per heavy atom. The first-order valence-electron chi connectivity index (χ1n) is 8.05. The SMILES string of the molecule is CC[PH](CC)(CC)CC.O=C(O)c1cc(C(=O)O)cc(S(=O)(=O)O)c1. The van der Waals surface area contributed by atoms with E-state index in [0.717, 1.165) is 6.07 Å². The molecule has 9 heteroatoms. The average Bonchev–Trinajstić information content (AvgIpc) is 2.57. The average molecular weight is 394 g/mol. The van der Waals surface area contributed by atoms with Crippen molar-refractivity contribution < 1.29 is 32.8 Å². The minimum atomic E-state index is -4.64. The van der Waals surface area contributed by atoms with Gasteiger partial charge in [-0.15, -0.1) is 0 Å². The van der Waals surface area contributed by atoms with E-state index >= 15 is 0 Å². The van der Waals surface area contributed by atoms with Crippen LogP contribution in [-0.2, 0) is 10.1 Å². The Balaban J connectivity index is 0.000000547. The largest absolute Gasteiger partial charge is 0.478 e. The van der Waals surface area contributed by atoms with Gasteiger partial charge >= 0.3 is 71.5 Å². The minimum absolute atomic E-state index is 0.535. The summed E-state index contributed by atoms with van der Waals surface area (Å²) in [5, 5.41) is 17.2. The maximum Gasteiger partial charge on any atom is 0.335 e. The molecule has 0 spiro atoms. The summed E-state index contributed by atoms with van der Waals surface area (Å²) < 4.78 is 30.2. The molecule has 0 saturated carbocycles. The van der Waals surface area contributed by atoms with E-state index in [-0.39, 0.29) is 0 Å². The zero-order chi connectivity index (χ0) is 19.8. The van der Waals surface area contributed by atoms with Gasteiger partial charge in [-0.25, -0.2) is 9.59 Å². The van der Waals surface area contributed by atoms with Crippen LogP contribution in [0.2, 0.25) is 0 Å². The zero-order valence-electron chi connectivity index (χ0n) is 14.9. The molecule has 0 radical (unpaired) electrons. The molecule has 1 aromatic rings. The van der Waals surface area contributed by atoms with Crippen molar-refractivity contribution in [3.8, 4) is 0 Å². The van der Waals surface area contributed by atoms with Crippen LogP contribution < -0.4 is 0 Å². The monoisotopic (exact) mass is 394 g/mol. The fourth-order valence-corrected chi connectivity index (χ4v) is 6.05. The van der Waals surface area contributed by atoms with Crippen LogP contribution >= 0.6 is 7.26 Å². The summed E-state index contributed by atoms with van der Waals surface area (Å²) in [5.74, 6) is -2.99. The smallest absolute Gasteiger partial charge is 0.335 e. The van der Waals surface area contributed by atoms with E-state index in [2.05, 4.69) is 27.7 Å². The molecular weight excluding hydrogens is 367 g/mol. The number of hydrogen-bond donors (Lipinski definition) is 3. The van der Waals surface area contributed by atoms with Gasteiger partial charge in [-0.1, -0.05) is 0 Å². The molecule has 0 saturated heterocycles. The van der Waals surface area contributed by atoms with Gasteiger partial charge < -0.3 is 10.2 Å². The van der Waals surface area contributed by atoms with E-state index in [4.69, 9.17) is 14.8 Å². The second-order valence-corrected chi connectivity index (χ2v) is 13.0. The predicted octanol–water partition coefficient (Wildman–Crippen LogP) is 3.15. The first-order valence-corrected chi connectivity index (χ1v) is 12.3. The molecule has 3 N–H and O–H groups in total. The summed E-state index contributed by atoms with van der Waals surface area (Å²) in [7, 11) is -5.33. The van der Waals surface area contributed by atoms with Crippen molar-refractivity contribution in [1.82, 2.24) is 0 Å². The summed E-state index contributed by atoms with van der Waals surface area (Å²) in [5.41, 5.74) is -1.07. The van der Waals surface area contributed by atoms with Gasteiger partial charge in [0, 0.05) is 0 Å². The fourth-order valence-electron chi connectivity index (χ4n) is 2.49. The topological polar surface area (TPSA) is 129 Å². The first-order chi connectivity index (χ1) is 11.5. The zero-order valence-corrected chi connectivity index (χ0v) is 16.8. The van der Waals surface area contributed by atoms with Crippen LogP contribution in [0.4, 0.5) is 0 Å². The van der Waals surface area contributed by atoms with Crippen LogP contribution in [0.3, 0.4) is 0 Å².